The first-order chi connectivity index (χ1) is 16.0. The van der Waals surface area contributed by atoms with Crippen LogP contribution in [0.15, 0.2) is 52.1 Å². The summed E-state index contributed by atoms with van der Waals surface area (Å²) in [5, 5.41) is 15.7. The Balaban J connectivity index is 1.40. The SMILES string of the molecule is COc1ccc(NC(=O)CSc2nnc(-c3nc(-c4ccc(C)cc4)no3)n2C)cc1OC. The van der Waals surface area contributed by atoms with Crippen molar-refractivity contribution in [3.05, 3.63) is 48.0 Å². The van der Waals surface area contributed by atoms with Crippen molar-refractivity contribution in [3.63, 3.8) is 0 Å². The number of aromatic nitrogens is 5. The second kappa shape index (κ2) is 9.74. The number of thioether (sulfide) groups is 1. The van der Waals surface area contributed by atoms with E-state index < -0.39 is 0 Å². The molecule has 0 fully saturated rings. The molecule has 0 aliphatic heterocycles. The molecule has 1 amide bonds. The summed E-state index contributed by atoms with van der Waals surface area (Å²) in [4.78, 5) is 16.8. The lowest BCUT2D eigenvalue weighted by Crippen LogP contribution is -2.14. The summed E-state index contributed by atoms with van der Waals surface area (Å²) in [5.74, 6) is 2.20. The average Bonchev–Trinajstić information content (AvgIpc) is 3.45. The van der Waals surface area contributed by atoms with Crippen molar-refractivity contribution in [1.82, 2.24) is 24.9 Å². The predicted octanol–water partition coefficient (Wildman–Crippen LogP) is 3.59. The summed E-state index contributed by atoms with van der Waals surface area (Å²) in [7, 11) is 4.87. The molecule has 0 aliphatic carbocycles. The molecule has 2 heterocycles. The lowest BCUT2D eigenvalue weighted by atomic mass is 10.1. The van der Waals surface area contributed by atoms with Crippen molar-refractivity contribution >= 4 is 23.4 Å². The van der Waals surface area contributed by atoms with E-state index >= 15 is 0 Å². The monoisotopic (exact) mass is 466 g/mol. The molecule has 0 saturated heterocycles. The quantitative estimate of drug-likeness (QED) is 0.389. The van der Waals surface area contributed by atoms with Gasteiger partial charge in [-0.15, -0.1) is 10.2 Å². The van der Waals surface area contributed by atoms with Crippen LogP contribution in [-0.4, -0.2) is 50.8 Å². The number of hydrogen-bond donors (Lipinski definition) is 1. The van der Waals surface area contributed by atoms with Crippen LogP contribution < -0.4 is 14.8 Å². The van der Waals surface area contributed by atoms with Gasteiger partial charge in [-0.2, -0.15) is 4.98 Å². The highest BCUT2D eigenvalue weighted by Gasteiger charge is 2.19. The zero-order chi connectivity index (χ0) is 23.4. The van der Waals surface area contributed by atoms with Crippen molar-refractivity contribution in [1.29, 1.82) is 0 Å². The normalized spacial score (nSPS) is 10.8. The summed E-state index contributed by atoms with van der Waals surface area (Å²) in [5.41, 5.74) is 2.60. The van der Waals surface area contributed by atoms with Gasteiger partial charge >= 0.3 is 0 Å². The van der Waals surface area contributed by atoms with Crippen LogP contribution in [0.25, 0.3) is 23.1 Å². The van der Waals surface area contributed by atoms with E-state index in [-0.39, 0.29) is 17.6 Å². The maximum absolute atomic E-state index is 12.4. The van der Waals surface area contributed by atoms with E-state index in [2.05, 4.69) is 25.7 Å². The fourth-order valence-electron chi connectivity index (χ4n) is 3.00. The van der Waals surface area contributed by atoms with E-state index in [9.17, 15) is 4.79 Å². The third-order valence-corrected chi connectivity index (χ3v) is 5.78. The third kappa shape index (κ3) is 4.98. The first-order valence-corrected chi connectivity index (χ1v) is 10.9. The summed E-state index contributed by atoms with van der Waals surface area (Å²) in [6.07, 6.45) is 0. The van der Waals surface area contributed by atoms with E-state index in [4.69, 9.17) is 14.0 Å². The molecule has 2 aromatic carbocycles. The van der Waals surface area contributed by atoms with Gasteiger partial charge in [0.2, 0.25) is 17.6 Å². The first kappa shape index (κ1) is 22.3. The highest BCUT2D eigenvalue weighted by molar-refractivity contribution is 7.99. The van der Waals surface area contributed by atoms with Crippen LogP contribution >= 0.6 is 11.8 Å². The molecule has 0 saturated carbocycles. The number of nitrogens with zero attached hydrogens (tertiary/aromatic N) is 5. The molecule has 0 atom stereocenters. The number of carbonyl (C=O) groups excluding carboxylic acids is 1. The van der Waals surface area contributed by atoms with E-state index in [1.807, 2.05) is 31.2 Å². The Hall–Kier alpha value is -3.86. The minimum Gasteiger partial charge on any atom is -0.493 e. The molecule has 10 nitrogen and oxygen atoms in total. The summed E-state index contributed by atoms with van der Waals surface area (Å²) in [6, 6.07) is 13.0. The van der Waals surface area contributed by atoms with Gasteiger partial charge in [0.1, 0.15) is 0 Å². The number of hydrogen-bond acceptors (Lipinski definition) is 9. The molecule has 4 aromatic rings. The van der Waals surface area contributed by atoms with Gasteiger partial charge in [-0.1, -0.05) is 46.7 Å². The van der Waals surface area contributed by atoms with Crippen LogP contribution in [-0.2, 0) is 11.8 Å². The number of amides is 1. The number of aryl methyl sites for hydroxylation is 1. The molecule has 1 N–H and O–H groups in total. The molecule has 0 unspecified atom stereocenters. The lowest BCUT2D eigenvalue weighted by molar-refractivity contribution is -0.113. The van der Waals surface area contributed by atoms with E-state index in [1.54, 1.807) is 36.9 Å². The Morgan fingerprint density at radius 1 is 1.09 bits per heavy atom. The Morgan fingerprint density at radius 3 is 2.58 bits per heavy atom. The summed E-state index contributed by atoms with van der Waals surface area (Å²) >= 11 is 1.24. The van der Waals surface area contributed by atoms with Crippen molar-refractivity contribution in [2.24, 2.45) is 7.05 Å². The second-order valence-electron chi connectivity index (χ2n) is 7.06. The number of ether oxygens (including phenoxy) is 2. The highest BCUT2D eigenvalue weighted by atomic mass is 32.2. The standard InChI is InChI=1S/C22H22N6O4S/c1-13-5-7-14(8-6-13)19-24-21(32-27-19)20-25-26-22(28(20)2)33-12-18(29)23-15-9-10-16(30-3)17(11-15)31-4/h5-11H,12H2,1-4H3,(H,23,29). The summed E-state index contributed by atoms with van der Waals surface area (Å²) in [6.45, 7) is 2.01. The molecule has 33 heavy (non-hydrogen) atoms. The van der Waals surface area contributed by atoms with Gasteiger partial charge in [0.05, 0.1) is 20.0 Å². The Bertz CT molecular complexity index is 1270. The molecule has 4 rings (SSSR count). The number of benzene rings is 2. The van der Waals surface area contributed by atoms with Crippen molar-refractivity contribution in [3.8, 4) is 34.6 Å². The summed E-state index contributed by atoms with van der Waals surface area (Å²) < 4.78 is 17.6. The smallest absolute Gasteiger partial charge is 0.296 e. The average molecular weight is 467 g/mol. The Kier molecular flexibility index (Phi) is 6.59. The van der Waals surface area contributed by atoms with Gasteiger partial charge in [0.15, 0.2) is 16.7 Å². The predicted molar refractivity (Wildman–Crippen MR) is 123 cm³/mol. The minimum absolute atomic E-state index is 0.138. The first-order valence-electron chi connectivity index (χ1n) is 9.93. The topological polar surface area (TPSA) is 117 Å². The largest absolute Gasteiger partial charge is 0.493 e. The molecular weight excluding hydrogens is 444 g/mol. The molecule has 0 bridgehead atoms. The number of methoxy groups -OCH3 is 2. The maximum atomic E-state index is 12.4. The molecule has 0 radical (unpaired) electrons. The minimum atomic E-state index is -0.198. The van der Waals surface area contributed by atoms with Gasteiger partial charge in [0.25, 0.3) is 5.89 Å². The maximum Gasteiger partial charge on any atom is 0.296 e. The molecule has 2 aromatic heterocycles. The zero-order valence-corrected chi connectivity index (χ0v) is 19.3. The van der Waals surface area contributed by atoms with Gasteiger partial charge in [-0.3, -0.25) is 4.79 Å². The molecule has 170 valence electrons. The van der Waals surface area contributed by atoms with Crippen LogP contribution in [0.1, 0.15) is 5.56 Å². The van der Waals surface area contributed by atoms with Gasteiger partial charge in [-0.25, -0.2) is 0 Å². The number of anilines is 1. The van der Waals surface area contributed by atoms with Crippen LogP contribution in [0.5, 0.6) is 11.5 Å². The van der Waals surface area contributed by atoms with Gasteiger partial charge in [-0.05, 0) is 19.1 Å². The van der Waals surface area contributed by atoms with E-state index in [0.717, 1.165) is 11.1 Å². The number of rotatable bonds is 8. The van der Waals surface area contributed by atoms with Gasteiger partial charge in [0, 0.05) is 24.4 Å². The molecule has 11 heteroatoms. The molecule has 0 spiro atoms. The lowest BCUT2D eigenvalue weighted by Gasteiger charge is -2.10. The van der Waals surface area contributed by atoms with Gasteiger partial charge < -0.3 is 23.9 Å². The number of nitrogens with one attached hydrogen (secondary N) is 1. The Morgan fingerprint density at radius 2 is 1.85 bits per heavy atom. The second-order valence-corrected chi connectivity index (χ2v) is 8.00. The van der Waals surface area contributed by atoms with Crippen molar-refractivity contribution in [2.45, 2.75) is 12.1 Å². The fourth-order valence-corrected chi connectivity index (χ4v) is 3.71. The van der Waals surface area contributed by atoms with Crippen LogP contribution in [0.3, 0.4) is 0 Å². The fraction of sp³-hybridized carbons (Fsp3) is 0.227. The highest BCUT2D eigenvalue weighted by Crippen LogP contribution is 2.30. The van der Waals surface area contributed by atoms with E-state index in [0.29, 0.717) is 34.0 Å². The number of carbonyl (C=O) groups is 1. The third-order valence-electron chi connectivity index (χ3n) is 4.76. The molecule has 0 aliphatic rings. The van der Waals surface area contributed by atoms with Crippen molar-refractivity contribution < 1.29 is 18.8 Å². The van der Waals surface area contributed by atoms with Crippen LogP contribution in [0.4, 0.5) is 5.69 Å². The van der Waals surface area contributed by atoms with Crippen LogP contribution in [0, 0.1) is 6.92 Å². The zero-order valence-electron chi connectivity index (χ0n) is 18.5. The Labute approximate surface area is 194 Å². The van der Waals surface area contributed by atoms with Crippen molar-refractivity contribution in [2.75, 3.05) is 25.3 Å². The molecular formula is C22H22N6O4S. The van der Waals surface area contributed by atoms with E-state index in [1.165, 1.54) is 18.9 Å². The van der Waals surface area contributed by atoms with Crippen LogP contribution in [0.2, 0.25) is 0 Å².